The summed E-state index contributed by atoms with van der Waals surface area (Å²) >= 11 is 1.80. The van der Waals surface area contributed by atoms with E-state index >= 15 is 0 Å². The summed E-state index contributed by atoms with van der Waals surface area (Å²) in [5.41, 5.74) is 0. The SMILES string of the molecule is CCC1CCCC(C(=O)CCCc2cccs2)C1. The number of carbonyl (C=O) groups excluding carboxylic acids is 1. The molecule has 0 N–H and O–H groups in total. The second-order valence-corrected chi connectivity index (χ2v) is 6.57. The van der Waals surface area contributed by atoms with Crippen LogP contribution in [0.3, 0.4) is 0 Å². The number of ketones is 1. The van der Waals surface area contributed by atoms with E-state index < -0.39 is 0 Å². The van der Waals surface area contributed by atoms with Crippen LogP contribution < -0.4 is 0 Å². The summed E-state index contributed by atoms with van der Waals surface area (Å²) in [6, 6.07) is 4.26. The zero-order valence-electron chi connectivity index (χ0n) is 11.4. The van der Waals surface area contributed by atoms with Gasteiger partial charge in [0.25, 0.3) is 0 Å². The minimum atomic E-state index is 0.382. The summed E-state index contributed by atoms with van der Waals surface area (Å²) in [5, 5.41) is 2.12. The quantitative estimate of drug-likeness (QED) is 0.717. The van der Waals surface area contributed by atoms with E-state index in [1.165, 1.54) is 24.1 Å². The van der Waals surface area contributed by atoms with E-state index in [1.807, 2.05) is 0 Å². The molecule has 0 amide bonds. The maximum Gasteiger partial charge on any atom is 0.135 e. The first kappa shape index (κ1) is 13.8. The topological polar surface area (TPSA) is 17.1 Å². The standard InChI is InChI=1S/C16H24OS/c1-2-13-6-3-7-14(12-13)16(17)10-4-8-15-9-5-11-18-15/h5,9,11,13-14H,2-4,6-8,10,12H2,1H3. The second kappa shape index (κ2) is 7.08. The van der Waals surface area contributed by atoms with Crippen molar-refractivity contribution < 1.29 is 4.79 Å². The smallest absolute Gasteiger partial charge is 0.135 e. The van der Waals surface area contributed by atoms with Crippen molar-refractivity contribution in [2.24, 2.45) is 11.8 Å². The third-order valence-corrected chi connectivity index (χ3v) is 5.18. The molecule has 2 rings (SSSR count). The molecule has 0 aliphatic heterocycles. The maximum atomic E-state index is 12.2. The summed E-state index contributed by atoms with van der Waals surface area (Å²) < 4.78 is 0. The van der Waals surface area contributed by atoms with E-state index in [0.717, 1.165) is 38.0 Å². The Balaban J connectivity index is 1.70. The Hall–Kier alpha value is -0.630. The van der Waals surface area contributed by atoms with Crippen LogP contribution in [-0.4, -0.2) is 5.78 Å². The van der Waals surface area contributed by atoms with Crippen molar-refractivity contribution in [2.45, 2.75) is 58.3 Å². The number of Topliss-reactive ketones (excluding diaryl/α,β-unsaturated/α-hetero) is 1. The van der Waals surface area contributed by atoms with Gasteiger partial charge in [-0.2, -0.15) is 0 Å². The fourth-order valence-electron chi connectivity index (χ4n) is 3.05. The number of hydrogen-bond donors (Lipinski definition) is 0. The molecule has 1 aromatic heterocycles. The number of aryl methyl sites for hydroxylation is 1. The van der Waals surface area contributed by atoms with Gasteiger partial charge in [0.15, 0.2) is 0 Å². The highest BCUT2D eigenvalue weighted by Gasteiger charge is 2.25. The van der Waals surface area contributed by atoms with Crippen LogP contribution in [-0.2, 0) is 11.2 Å². The van der Waals surface area contributed by atoms with Crippen LogP contribution in [0.5, 0.6) is 0 Å². The molecular formula is C16H24OS. The summed E-state index contributed by atoms with van der Waals surface area (Å²) in [5.74, 6) is 1.72. The number of hydrogen-bond acceptors (Lipinski definition) is 2. The number of carbonyl (C=O) groups is 1. The number of thiophene rings is 1. The average molecular weight is 264 g/mol. The summed E-state index contributed by atoms with van der Waals surface area (Å²) in [7, 11) is 0. The molecule has 1 aliphatic carbocycles. The zero-order chi connectivity index (χ0) is 12.8. The van der Waals surface area contributed by atoms with Crippen molar-refractivity contribution in [2.75, 3.05) is 0 Å². The Morgan fingerprint density at radius 3 is 3.06 bits per heavy atom. The summed E-state index contributed by atoms with van der Waals surface area (Å²) in [6.45, 7) is 2.26. The van der Waals surface area contributed by atoms with Gasteiger partial charge in [0.1, 0.15) is 5.78 Å². The van der Waals surface area contributed by atoms with Crippen molar-refractivity contribution >= 4 is 17.1 Å². The highest BCUT2D eigenvalue weighted by atomic mass is 32.1. The molecule has 18 heavy (non-hydrogen) atoms. The number of rotatable bonds is 6. The predicted octanol–water partition coefficient (Wildman–Crippen LogP) is 4.86. The largest absolute Gasteiger partial charge is 0.299 e. The molecule has 1 aromatic rings. The molecule has 1 saturated carbocycles. The molecular weight excluding hydrogens is 240 g/mol. The lowest BCUT2D eigenvalue weighted by atomic mass is 9.77. The van der Waals surface area contributed by atoms with Gasteiger partial charge >= 0.3 is 0 Å². The van der Waals surface area contributed by atoms with Crippen LogP contribution >= 0.6 is 11.3 Å². The van der Waals surface area contributed by atoms with Crippen molar-refractivity contribution in [3.63, 3.8) is 0 Å². The van der Waals surface area contributed by atoms with E-state index in [9.17, 15) is 4.79 Å². The lowest BCUT2D eigenvalue weighted by molar-refractivity contribution is -0.124. The molecule has 1 aliphatic rings. The van der Waals surface area contributed by atoms with Crippen LogP contribution in [0.1, 0.15) is 56.7 Å². The van der Waals surface area contributed by atoms with Gasteiger partial charge in [-0.1, -0.05) is 32.3 Å². The molecule has 1 nitrogen and oxygen atoms in total. The Morgan fingerprint density at radius 2 is 2.33 bits per heavy atom. The van der Waals surface area contributed by atoms with Gasteiger partial charge in [0.05, 0.1) is 0 Å². The Morgan fingerprint density at radius 1 is 1.44 bits per heavy atom. The van der Waals surface area contributed by atoms with E-state index in [4.69, 9.17) is 0 Å². The van der Waals surface area contributed by atoms with Gasteiger partial charge < -0.3 is 0 Å². The van der Waals surface area contributed by atoms with Gasteiger partial charge in [-0.25, -0.2) is 0 Å². The normalized spacial score (nSPS) is 24.1. The molecule has 0 saturated heterocycles. The minimum absolute atomic E-state index is 0.382. The molecule has 0 spiro atoms. The minimum Gasteiger partial charge on any atom is -0.299 e. The fourth-order valence-corrected chi connectivity index (χ4v) is 3.80. The Kier molecular flexibility index (Phi) is 5.43. The van der Waals surface area contributed by atoms with E-state index in [0.29, 0.717) is 11.7 Å². The Labute approximate surface area is 115 Å². The second-order valence-electron chi connectivity index (χ2n) is 5.54. The zero-order valence-corrected chi connectivity index (χ0v) is 12.2. The highest BCUT2D eigenvalue weighted by molar-refractivity contribution is 7.09. The molecule has 2 atom stereocenters. The third-order valence-electron chi connectivity index (χ3n) is 4.24. The van der Waals surface area contributed by atoms with Gasteiger partial charge in [-0.3, -0.25) is 4.79 Å². The Bertz CT molecular complexity index is 355. The van der Waals surface area contributed by atoms with Gasteiger partial charge in [-0.05, 0) is 43.0 Å². The molecule has 100 valence electrons. The van der Waals surface area contributed by atoms with Crippen LogP contribution in [0.15, 0.2) is 17.5 Å². The van der Waals surface area contributed by atoms with Crippen LogP contribution in [0.4, 0.5) is 0 Å². The lowest BCUT2D eigenvalue weighted by Crippen LogP contribution is -2.22. The molecule has 2 unspecified atom stereocenters. The van der Waals surface area contributed by atoms with Crippen molar-refractivity contribution in [1.29, 1.82) is 0 Å². The van der Waals surface area contributed by atoms with Gasteiger partial charge in [0, 0.05) is 17.2 Å². The van der Waals surface area contributed by atoms with E-state index in [-0.39, 0.29) is 0 Å². The molecule has 1 heterocycles. The molecule has 0 bridgehead atoms. The average Bonchev–Trinajstić information content (AvgIpc) is 2.92. The first-order valence-electron chi connectivity index (χ1n) is 7.34. The van der Waals surface area contributed by atoms with Gasteiger partial charge in [0.2, 0.25) is 0 Å². The van der Waals surface area contributed by atoms with Crippen LogP contribution in [0.25, 0.3) is 0 Å². The van der Waals surface area contributed by atoms with Crippen molar-refractivity contribution in [1.82, 2.24) is 0 Å². The molecule has 0 radical (unpaired) electrons. The first-order chi connectivity index (χ1) is 8.79. The van der Waals surface area contributed by atoms with Crippen LogP contribution in [0.2, 0.25) is 0 Å². The molecule has 2 heteroatoms. The van der Waals surface area contributed by atoms with Crippen molar-refractivity contribution in [3.8, 4) is 0 Å². The lowest BCUT2D eigenvalue weighted by Gasteiger charge is -2.27. The molecule has 1 fully saturated rings. The van der Waals surface area contributed by atoms with E-state index in [1.54, 1.807) is 11.3 Å². The van der Waals surface area contributed by atoms with E-state index in [2.05, 4.69) is 24.4 Å². The summed E-state index contributed by atoms with van der Waals surface area (Å²) in [6.07, 6.45) is 9.07. The third kappa shape index (κ3) is 3.94. The van der Waals surface area contributed by atoms with Gasteiger partial charge in [-0.15, -0.1) is 11.3 Å². The first-order valence-corrected chi connectivity index (χ1v) is 8.22. The highest BCUT2D eigenvalue weighted by Crippen LogP contribution is 2.32. The summed E-state index contributed by atoms with van der Waals surface area (Å²) in [4.78, 5) is 13.6. The fraction of sp³-hybridized carbons (Fsp3) is 0.688. The monoisotopic (exact) mass is 264 g/mol. The predicted molar refractivity (Wildman–Crippen MR) is 78.0 cm³/mol. The molecule has 0 aromatic carbocycles. The van der Waals surface area contributed by atoms with Crippen molar-refractivity contribution in [3.05, 3.63) is 22.4 Å². The van der Waals surface area contributed by atoms with Crippen LogP contribution in [0, 0.1) is 11.8 Å². The maximum absolute atomic E-state index is 12.2.